The van der Waals surface area contributed by atoms with Gasteiger partial charge in [0.1, 0.15) is 0 Å². The monoisotopic (exact) mass is 1110 g/mol. The highest BCUT2D eigenvalue weighted by atomic mass is 14.4. The Kier molecular flexibility index (Phi) is 16.0. The summed E-state index contributed by atoms with van der Waals surface area (Å²) in [6, 6.07) is 60.1. The SMILES string of the molecule is CC(C)(C)c1ccc2c(c1)-c1cc(C(C)(C)C)ccc1C2.CC1=C(C(c2cccc3ccccc23)C2c3ccc(C(C)(C)C)cc3-c3cc(C(C)(C)C)ccc32)C=C(C(C)(C)C)C1.CC1=CC(C(C)(C)C)=CC1Cc1cccc2ccccc12. The zero-order valence-corrected chi connectivity index (χ0v) is 55.1. The maximum Gasteiger partial charge on any atom is 0.0211 e. The summed E-state index contributed by atoms with van der Waals surface area (Å²) < 4.78 is 0. The third-order valence-electron chi connectivity index (χ3n) is 19.0. The van der Waals surface area contributed by atoms with Crippen molar-refractivity contribution >= 4 is 21.5 Å². The summed E-state index contributed by atoms with van der Waals surface area (Å²) in [5, 5.41) is 5.43. The van der Waals surface area contributed by atoms with Gasteiger partial charge in [0.05, 0.1) is 0 Å². The van der Waals surface area contributed by atoms with E-state index in [2.05, 4.69) is 314 Å². The maximum atomic E-state index is 2.58. The van der Waals surface area contributed by atoms with Crippen LogP contribution in [-0.4, -0.2) is 0 Å². The zero-order chi connectivity index (χ0) is 60.6. The second-order valence-electron chi connectivity index (χ2n) is 31.6. The molecule has 4 aliphatic rings. The van der Waals surface area contributed by atoms with E-state index in [0.717, 1.165) is 19.3 Å². The minimum atomic E-state index is 0.0961. The van der Waals surface area contributed by atoms with Gasteiger partial charge in [0.25, 0.3) is 0 Å². The van der Waals surface area contributed by atoms with E-state index >= 15 is 0 Å². The summed E-state index contributed by atoms with van der Waals surface area (Å²) in [6.07, 6.45) is 10.7. The van der Waals surface area contributed by atoms with Gasteiger partial charge in [0.2, 0.25) is 0 Å². The molecule has 8 aromatic rings. The smallest absolute Gasteiger partial charge is 0.0211 e. The van der Waals surface area contributed by atoms with E-state index in [1.165, 1.54) is 122 Å². The Labute approximate surface area is 508 Å². The Morgan fingerprint density at radius 3 is 1.31 bits per heavy atom. The summed E-state index contributed by atoms with van der Waals surface area (Å²) in [7, 11) is 0. The molecule has 0 aromatic heterocycles. The van der Waals surface area contributed by atoms with Crippen molar-refractivity contribution in [3.63, 3.8) is 0 Å². The van der Waals surface area contributed by atoms with Crippen LogP contribution in [0.15, 0.2) is 204 Å². The average Bonchev–Trinajstić information content (AvgIpc) is 2.12. The lowest BCUT2D eigenvalue weighted by molar-refractivity contribution is 0.494. The van der Waals surface area contributed by atoms with Gasteiger partial charge in [0.15, 0.2) is 0 Å². The van der Waals surface area contributed by atoms with Crippen molar-refractivity contribution in [1.29, 1.82) is 0 Å². The molecule has 8 aromatic carbocycles. The van der Waals surface area contributed by atoms with Gasteiger partial charge in [-0.1, -0.05) is 317 Å². The van der Waals surface area contributed by atoms with Crippen molar-refractivity contribution < 1.29 is 0 Å². The summed E-state index contributed by atoms with van der Waals surface area (Å²) in [6.45, 7) is 46.3. The predicted octanol–water partition coefficient (Wildman–Crippen LogP) is 23.8. The van der Waals surface area contributed by atoms with Gasteiger partial charge in [0, 0.05) is 17.8 Å². The Hall–Kier alpha value is -6.76. The third kappa shape index (κ3) is 12.4. The molecule has 0 amide bonds. The number of benzene rings is 8. The van der Waals surface area contributed by atoms with Gasteiger partial charge in [-0.25, -0.2) is 0 Å². The topological polar surface area (TPSA) is 0 Å². The molecular formula is C84H98. The van der Waals surface area contributed by atoms with E-state index < -0.39 is 0 Å². The molecule has 0 aliphatic heterocycles. The van der Waals surface area contributed by atoms with E-state index in [9.17, 15) is 0 Å². The highest BCUT2D eigenvalue weighted by Crippen LogP contribution is 2.58. The van der Waals surface area contributed by atoms with Gasteiger partial charge in [-0.3, -0.25) is 0 Å². The summed E-state index contributed by atoms with van der Waals surface area (Å²) in [5.41, 5.74) is 28.8. The van der Waals surface area contributed by atoms with Crippen LogP contribution < -0.4 is 0 Å². The molecule has 0 bridgehead atoms. The maximum absolute atomic E-state index is 2.58. The molecule has 0 saturated heterocycles. The molecule has 0 radical (unpaired) electrons. The number of rotatable bonds is 5. The lowest BCUT2D eigenvalue weighted by atomic mass is 9.73. The first-order chi connectivity index (χ1) is 39.3. The molecule has 4 aliphatic carbocycles. The predicted molar refractivity (Wildman–Crippen MR) is 367 cm³/mol. The molecule has 2 atom stereocenters. The van der Waals surface area contributed by atoms with E-state index in [4.69, 9.17) is 0 Å². The van der Waals surface area contributed by atoms with E-state index in [1.54, 1.807) is 5.57 Å². The van der Waals surface area contributed by atoms with E-state index in [1.807, 2.05) is 0 Å². The van der Waals surface area contributed by atoms with Crippen LogP contribution in [-0.2, 0) is 34.5 Å². The molecule has 0 heteroatoms. The first-order valence-corrected chi connectivity index (χ1v) is 31.6. The van der Waals surface area contributed by atoms with Gasteiger partial charge in [-0.05, 0) is 176 Å². The van der Waals surface area contributed by atoms with Gasteiger partial charge >= 0.3 is 0 Å². The van der Waals surface area contributed by atoms with Gasteiger partial charge in [-0.2, -0.15) is 0 Å². The van der Waals surface area contributed by atoms with Gasteiger partial charge in [-0.15, -0.1) is 0 Å². The normalized spacial score (nSPS) is 16.5. The van der Waals surface area contributed by atoms with Crippen LogP contribution in [0.2, 0.25) is 0 Å². The fourth-order valence-electron chi connectivity index (χ4n) is 13.5. The van der Waals surface area contributed by atoms with Crippen molar-refractivity contribution in [2.45, 2.75) is 191 Å². The van der Waals surface area contributed by atoms with Crippen molar-refractivity contribution in [3.05, 3.63) is 259 Å². The Balaban J connectivity index is 0.000000156. The van der Waals surface area contributed by atoms with Crippen LogP contribution in [0.25, 0.3) is 43.8 Å². The first kappa shape index (κ1) is 60.4. The molecule has 12 rings (SSSR count). The Morgan fingerprint density at radius 1 is 0.405 bits per heavy atom. The van der Waals surface area contributed by atoms with Crippen LogP contribution in [0.5, 0.6) is 0 Å². The van der Waals surface area contributed by atoms with Crippen molar-refractivity contribution in [2.24, 2.45) is 16.7 Å². The molecule has 2 unspecified atom stereocenters. The molecule has 0 heterocycles. The number of fused-ring (bicyclic) bond motifs is 8. The molecule has 84 heavy (non-hydrogen) atoms. The summed E-state index contributed by atoms with van der Waals surface area (Å²) in [5.74, 6) is 1.03. The fourth-order valence-corrected chi connectivity index (χ4v) is 13.5. The van der Waals surface area contributed by atoms with Crippen LogP contribution >= 0.6 is 0 Å². The second-order valence-corrected chi connectivity index (χ2v) is 31.6. The molecule has 0 nitrogen and oxygen atoms in total. The van der Waals surface area contributed by atoms with Gasteiger partial charge < -0.3 is 0 Å². The van der Waals surface area contributed by atoms with Crippen LogP contribution in [0.4, 0.5) is 0 Å². The fraction of sp³-hybridized carbons (Fsp3) is 0.381. The highest BCUT2D eigenvalue weighted by molar-refractivity contribution is 5.89. The van der Waals surface area contributed by atoms with Crippen LogP contribution in [0.3, 0.4) is 0 Å². The second kappa shape index (κ2) is 22.3. The van der Waals surface area contributed by atoms with E-state index in [0.29, 0.717) is 5.92 Å². The lowest BCUT2D eigenvalue weighted by Gasteiger charge is -2.30. The lowest BCUT2D eigenvalue weighted by Crippen LogP contribution is -2.15. The first-order valence-electron chi connectivity index (χ1n) is 31.6. The minimum absolute atomic E-state index is 0.0961. The van der Waals surface area contributed by atoms with Crippen LogP contribution in [0.1, 0.15) is 212 Å². The van der Waals surface area contributed by atoms with Crippen molar-refractivity contribution in [2.75, 3.05) is 0 Å². The molecule has 434 valence electrons. The summed E-state index contributed by atoms with van der Waals surface area (Å²) >= 11 is 0. The number of hydrogen-bond acceptors (Lipinski definition) is 0. The molecule has 0 N–H and O–H groups in total. The standard InChI is InChI=1S/C42H48.C21H26.C21H24/c1-26-22-30(42(8,9)10)25-35(26)39(32-17-13-15-27-14-11-12-16-31(27)32)38-33-20-18-28(40(2,3)4)23-36(33)37-24-29(41(5,6)7)19-21-34(37)38;1-20(2,3)16-9-7-14-11-15-8-10-17(21(4,5)6)13-19(15)18(14)12-16;1-15-12-19(21(2,3)4)14-18(15)13-17-10-7-9-16-8-5-6-11-20(16)17/h11-21,23-25,38-39H,22H2,1-10H3;7-10,12-13H,11H2,1-6H3;5-12,14,18H,13H2,1-4H3. The minimum Gasteiger partial charge on any atom is -0.0733 e. The van der Waals surface area contributed by atoms with Crippen molar-refractivity contribution in [1.82, 2.24) is 0 Å². The quantitative estimate of drug-likeness (QED) is 0.161. The molecule has 0 spiro atoms. The summed E-state index contributed by atoms with van der Waals surface area (Å²) in [4.78, 5) is 0. The molecular weight excluding hydrogens is 1010 g/mol. The number of allylic oxidation sites excluding steroid dienone is 8. The molecule has 0 saturated carbocycles. The number of hydrogen-bond donors (Lipinski definition) is 0. The van der Waals surface area contributed by atoms with Crippen molar-refractivity contribution in [3.8, 4) is 22.3 Å². The zero-order valence-electron chi connectivity index (χ0n) is 55.1. The van der Waals surface area contributed by atoms with E-state index in [-0.39, 0.29) is 44.3 Å². The molecule has 0 fully saturated rings. The Bertz CT molecular complexity index is 3800. The highest BCUT2D eigenvalue weighted by Gasteiger charge is 2.41. The third-order valence-corrected chi connectivity index (χ3v) is 19.0. The average molecular weight is 1110 g/mol. The Morgan fingerprint density at radius 2 is 0.845 bits per heavy atom. The largest absolute Gasteiger partial charge is 0.0733 e. The van der Waals surface area contributed by atoms with Crippen LogP contribution in [0, 0.1) is 16.7 Å².